The first-order chi connectivity index (χ1) is 15.6. The van der Waals surface area contributed by atoms with Crippen molar-refractivity contribution >= 4 is 6.02 Å². The first kappa shape index (κ1) is 18.4. The van der Waals surface area contributed by atoms with Gasteiger partial charge >= 0.3 is 0 Å². The Bertz CT molecular complexity index is 1390. The molecule has 0 unspecified atom stereocenters. The van der Waals surface area contributed by atoms with E-state index in [0.29, 0.717) is 11.5 Å². The number of amidine groups is 1. The zero-order chi connectivity index (χ0) is 21.7. The first-order valence-corrected chi connectivity index (χ1v) is 10.1. The van der Waals surface area contributed by atoms with E-state index in [0.717, 1.165) is 33.4 Å². The van der Waals surface area contributed by atoms with Gasteiger partial charge in [0.2, 0.25) is 0 Å². The van der Waals surface area contributed by atoms with E-state index in [9.17, 15) is 5.11 Å². The smallest absolute Gasteiger partial charge is 0.283 e. The summed E-state index contributed by atoms with van der Waals surface area (Å²) in [6, 6.07) is 19.1. The van der Waals surface area contributed by atoms with Gasteiger partial charge in [-0.05, 0) is 53.1 Å². The Kier molecular flexibility index (Phi) is 3.91. The van der Waals surface area contributed by atoms with Gasteiger partial charge in [-0.2, -0.15) is 0 Å². The van der Waals surface area contributed by atoms with Crippen LogP contribution in [0, 0.1) is 0 Å². The largest absolute Gasteiger partial charge is 0.508 e. The lowest BCUT2D eigenvalue weighted by molar-refractivity contribution is 0.264. The fourth-order valence-electron chi connectivity index (χ4n) is 4.35. The molecule has 32 heavy (non-hydrogen) atoms. The molecular formula is C25H18N4O3. The second kappa shape index (κ2) is 6.81. The van der Waals surface area contributed by atoms with Gasteiger partial charge in [0.1, 0.15) is 30.2 Å². The maximum absolute atomic E-state index is 9.93. The Morgan fingerprint density at radius 1 is 0.812 bits per heavy atom. The van der Waals surface area contributed by atoms with Crippen molar-refractivity contribution in [3.8, 4) is 39.5 Å². The second-order valence-electron chi connectivity index (χ2n) is 7.80. The first-order valence-electron chi connectivity index (χ1n) is 10.1. The van der Waals surface area contributed by atoms with Crippen LogP contribution in [0.5, 0.6) is 17.2 Å². The SMILES string of the molecule is NC1=N[C@@]2(CO1)c1cc(-c3cncnc3)ccc1Oc1ccc(-c3cccc(O)c3)cc12. The van der Waals surface area contributed by atoms with Crippen LogP contribution in [0.4, 0.5) is 0 Å². The van der Waals surface area contributed by atoms with Gasteiger partial charge in [0.25, 0.3) is 6.02 Å². The third kappa shape index (κ3) is 2.79. The standard InChI is InChI=1S/C25H18N4O3/c26-24-29-25(13-31-24)20-9-16(15-2-1-3-19(30)8-15)4-6-22(20)32-23-7-5-17(10-21(23)25)18-11-27-14-28-12-18/h1-12,14,30H,13H2,(H2,26,29)/t25-/m1/s1. The topological polar surface area (TPSA) is 103 Å². The van der Waals surface area contributed by atoms with E-state index in [1.54, 1.807) is 24.5 Å². The number of aromatic nitrogens is 2. The predicted molar refractivity (Wildman–Crippen MR) is 119 cm³/mol. The summed E-state index contributed by atoms with van der Waals surface area (Å²) in [4.78, 5) is 13.0. The van der Waals surface area contributed by atoms with Gasteiger partial charge in [0.15, 0.2) is 5.54 Å². The van der Waals surface area contributed by atoms with Gasteiger partial charge in [-0.1, -0.05) is 24.3 Å². The highest BCUT2D eigenvalue weighted by molar-refractivity contribution is 5.79. The van der Waals surface area contributed by atoms with Crippen molar-refractivity contribution in [3.05, 3.63) is 90.5 Å². The molecule has 0 fully saturated rings. The molecule has 0 bridgehead atoms. The highest BCUT2D eigenvalue weighted by atomic mass is 16.5. The van der Waals surface area contributed by atoms with Crippen molar-refractivity contribution in [3.63, 3.8) is 0 Å². The number of phenols is 1. The van der Waals surface area contributed by atoms with Crippen LogP contribution in [0.2, 0.25) is 0 Å². The molecule has 1 aromatic heterocycles. The highest BCUT2D eigenvalue weighted by Crippen LogP contribution is 2.52. The van der Waals surface area contributed by atoms with Gasteiger partial charge in [-0.25, -0.2) is 15.0 Å². The third-order valence-electron chi connectivity index (χ3n) is 5.87. The van der Waals surface area contributed by atoms with Crippen molar-refractivity contribution < 1.29 is 14.6 Å². The van der Waals surface area contributed by atoms with Gasteiger partial charge in [0, 0.05) is 29.1 Å². The molecule has 7 nitrogen and oxygen atoms in total. The van der Waals surface area contributed by atoms with Crippen LogP contribution in [-0.4, -0.2) is 27.7 Å². The Hall–Kier alpha value is -4.39. The maximum atomic E-state index is 9.93. The van der Waals surface area contributed by atoms with Crippen LogP contribution in [0.15, 0.2) is 84.4 Å². The van der Waals surface area contributed by atoms with Gasteiger partial charge < -0.3 is 20.3 Å². The van der Waals surface area contributed by atoms with Crippen LogP contribution >= 0.6 is 0 Å². The fraction of sp³-hybridized carbons (Fsp3) is 0.0800. The molecule has 1 atom stereocenters. The van der Waals surface area contributed by atoms with Crippen molar-refractivity contribution in [2.75, 3.05) is 6.61 Å². The summed E-state index contributed by atoms with van der Waals surface area (Å²) in [6.07, 6.45) is 5.03. The molecule has 0 amide bonds. The maximum Gasteiger partial charge on any atom is 0.283 e. The number of hydrogen-bond acceptors (Lipinski definition) is 7. The summed E-state index contributed by atoms with van der Waals surface area (Å²) in [5.41, 5.74) is 10.5. The zero-order valence-electron chi connectivity index (χ0n) is 16.9. The fourth-order valence-corrected chi connectivity index (χ4v) is 4.35. The molecule has 0 aliphatic carbocycles. The summed E-state index contributed by atoms with van der Waals surface area (Å²) < 4.78 is 11.9. The number of hydrogen-bond donors (Lipinski definition) is 2. The molecule has 1 spiro atoms. The number of fused-ring (bicyclic) bond motifs is 4. The van der Waals surface area contributed by atoms with Gasteiger partial charge in [-0.3, -0.25) is 0 Å². The molecule has 7 heteroatoms. The molecular weight excluding hydrogens is 404 g/mol. The molecule has 0 saturated heterocycles. The van der Waals surface area contributed by atoms with E-state index in [-0.39, 0.29) is 18.4 Å². The lowest BCUT2D eigenvalue weighted by Gasteiger charge is -2.34. The van der Waals surface area contributed by atoms with Crippen molar-refractivity contribution in [1.82, 2.24) is 9.97 Å². The number of benzene rings is 3. The number of phenolic OH excluding ortho intramolecular Hbond substituents is 1. The van der Waals surface area contributed by atoms with Gasteiger partial charge in [0.05, 0.1) is 0 Å². The summed E-state index contributed by atoms with van der Waals surface area (Å²) in [6.45, 7) is 0.264. The number of nitrogens with two attached hydrogens (primary N) is 1. The Labute approximate surface area is 183 Å². The van der Waals surface area contributed by atoms with E-state index in [1.807, 2.05) is 48.5 Å². The Morgan fingerprint density at radius 3 is 2.09 bits per heavy atom. The van der Waals surface area contributed by atoms with E-state index >= 15 is 0 Å². The van der Waals surface area contributed by atoms with Gasteiger partial charge in [-0.15, -0.1) is 0 Å². The lowest BCUT2D eigenvalue weighted by Crippen LogP contribution is -2.31. The minimum absolute atomic E-state index is 0.139. The van der Waals surface area contributed by atoms with E-state index in [1.165, 1.54) is 6.33 Å². The summed E-state index contributed by atoms with van der Waals surface area (Å²) in [7, 11) is 0. The molecule has 2 aliphatic rings. The van der Waals surface area contributed by atoms with E-state index in [2.05, 4.69) is 9.97 Å². The summed E-state index contributed by atoms with van der Waals surface area (Å²) in [5, 5.41) is 9.93. The van der Waals surface area contributed by atoms with E-state index < -0.39 is 5.54 Å². The molecule has 2 aliphatic heterocycles. The van der Waals surface area contributed by atoms with Crippen molar-refractivity contribution in [2.45, 2.75) is 5.54 Å². The van der Waals surface area contributed by atoms with Crippen molar-refractivity contribution in [1.29, 1.82) is 0 Å². The molecule has 4 aromatic rings. The number of aliphatic imine (C=N–C) groups is 1. The van der Waals surface area contributed by atoms with E-state index in [4.69, 9.17) is 20.2 Å². The van der Waals surface area contributed by atoms with Crippen molar-refractivity contribution in [2.24, 2.45) is 10.7 Å². The quantitative estimate of drug-likeness (QED) is 0.502. The lowest BCUT2D eigenvalue weighted by atomic mass is 9.79. The number of aromatic hydroxyl groups is 1. The molecule has 0 radical (unpaired) electrons. The predicted octanol–water partition coefficient (Wildman–Crippen LogP) is 4.21. The van der Waals surface area contributed by atoms with Crippen LogP contribution in [0.3, 0.4) is 0 Å². The molecule has 3 aromatic carbocycles. The third-order valence-corrected chi connectivity index (χ3v) is 5.87. The minimum atomic E-state index is -0.842. The Balaban J connectivity index is 1.55. The normalized spacial score (nSPS) is 18.3. The van der Waals surface area contributed by atoms with Crippen LogP contribution in [0.25, 0.3) is 22.3 Å². The zero-order valence-corrected chi connectivity index (χ0v) is 16.9. The molecule has 0 saturated carbocycles. The second-order valence-corrected chi connectivity index (χ2v) is 7.80. The summed E-state index contributed by atoms with van der Waals surface area (Å²) >= 11 is 0. The van der Waals surface area contributed by atoms with Crippen LogP contribution in [-0.2, 0) is 10.3 Å². The Morgan fingerprint density at radius 2 is 1.47 bits per heavy atom. The average Bonchev–Trinajstić information content (AvgIpc) is 3.22. The summed E-state index contributed by atoms with van der Waals surface area (Å²) in [5.74, 6) is 1.60. The average molecular weight is 422 g/mol. The van der Waals surface area contributed by atoms with Crippen LogP contribution < -0.4 is 10.5 Å². The molecule has 3 N–H and O–H groups in total. The number of nitrogens with zero attached hydrogens (tertiary/aromatic N) is 3. The molecule has 3 heterocycles. The number of rotatable bonds is 2. The number of ether oxygens (including phenoxy) is 2. The highest BCUT2D eigenvalue weighted by Gasteiger charge is 2.47. The van der Waals surface area contributed by atoms with Crippen LogP contribution in [0.1, 0.15) is 11.1 Å². The molecule has 156 valence electrons. The molecule has 6 rings (SSSR count). The minimum Gasteiger partial charge on any atom is -0.508 e. The monoisotopic (exact) mass is 422 g/mol.